The molecule has 3 aromatic rings. The van der Waals surface area contributed by atoms with E-state index in [0.717, 1.165) is 27.8 Å². The second-order valence-electron chi connectivity index (χ2n) is 8.31. The summed E-state index contributed by atoms with van der Waals surface area (Å²) in [5.41, 5.74) is 2.83. The third-order valence-corrected chi connectivity index (χ3v) is 6.93. The number of amides is 3. The number of benzene rings is 3. The van der Waals surface area contributed by atoms with E-state index in [9.17, 15) is 14.4 Å². The summed E-state index contributed by atoms with van der Waals surface area (Å²) in [5, 5.41) is 2.91. The zero-order valence-electron chi connectivity index (χ0n) is 20.6. The molecule has 196 valence electrons. The molecule has 10 heteroatoms. The molecule has 0 aromatic heterocycles. The van der Waals surface area contributed by atoms with E-state index in [2.05, 4.69) is 5.32 Å². The van der Waals surface area contributed by atoms with E-state index < -0.39 is 23.6 Å². The molecule has 1 heterocycles. The lowest BCUT2D eigenvalue weighted by Crippen LogP contribution is -2.36. The van der Waals surface area contributed by atoms with E-state index in [4.69, 9.17) is 32.7 Å². The molecule has 3 amide bonds. The Labute approximate surface area is 234 Å². The Hall–Kier alpha value is -3.46. The molecule has 0 bridgehead atoms. The van der Waals surface area contributed by atoms with Crippen LogP contribution in [0, 0.1) is 6.92 Å². The van der Waals surface area contributed by atoms with E-state index in [1.807, 2.05) is 44.2 Å². The number of carbonyl (C=O) groups is 3. The van der Waals surface area contributed by atoms with Gasteiger partial charge in [-0.1, -0.05) is 59.6 Å². The van der Waals surface area contributed by atoms with Gasteiger partial charge in [0.25, 0.3) is 11.1 Å². The Kier molecular flexibility index (Phi) is 8.99. The number of anilines is 1. The van der Waals surface area contributed by atoms with Gasteiger partial charge in [-0.05, 0) is 72.6 Å². The van der Waals surface area contributed by atoms with Gasteiger partial charge in [0.1, 0.15) is 13.2 Å². The smallest absolute Gasteiger partial charge is 0.294 e. The second kappa shape index (κ2) is 12.4. The summed E-state index contributed by atoms with van der Waals surface area (Å²) in [6.07, 6.45) is 1.54. The molecular formula is C28H24Cl2N2O5S. The Morgan fingerprint density at radius 3 is 2.55 bits per heavy atom. The molecule has 1 fully saturated rings. The summed E-state index contributed by atoms with van der Waals surface area (Å²) >= 11 is 13.3. The Morgan fingerprint density at radius 2 is 1.82 bits per heavy atom. The lowest BCUT2D eigenvalue weighted by molar-refractivity contribution is -0.127. The third-order valence-electron chi connectivity index (χ3n) is 5.50. The van der Waals surface area contributed by atoms with Crippen LogP contribution in [0.15, 0.2) is 65.6 Å². The molecule has 1 aliphatic rings. The normalized spacial score (nSPS) is 14.2. The fourth-order valence-corrected chi connectivity index (χ4v) is 4.94. The minimum Gasteiger partial charge on any atom is -0.490 e. The van der Waals surface area contributed by atoms with Crippen molar-refractivity contribution in [2.45, 2.75) is 20.5 Å². The molecule has 1 aliphatic heterocycles. The van der Waals surface area contributed by atoms with Crippen molar-refractivity contribution in [2.75, 3.05) is 18.5 Å². The average molecular weight is 571 g/mol. The summed E-state index contributed by atoms with van der Waals surface area (Å²) < 4.78 is 11.7. The molecule has 1 N–H and O–H groups in total. The van der Waals surface area contributed by atoms with E-state index in [1.165, 1.54) is 0 Å². The Balaban J connectivity index is 1.49. The van der Waals surface area contributed by atoms with E-state index in [-0.39, 0.29) is 4.91 Å². The number of halogens is 2. The third kappa shape index (κ3) is 6.69. The first-order chi connectivity index (χ1) is 18.2. The molecule has 3 aromatic carbocycles. The van der Waals surface area contributed by atoms with Crippen LogP contribution in [0.5, 0.6) is 11.5 Å². The van der Waals surface area contributed by atoms with Crippen LogP contribution in [0.2, 0.25) is 10.0 Å². The van der Waals surface area contributed by atoms with Gasteiger partial charge in [0.15, 0.2) is 11.5 Å². The van der Waals surface area contributed by atoms with Crippen molar-refractivity contribution in [2.24, 2.45) is 0 Å². The minimum atomic E-state index is -0.573. The van der Waals surface area contributed by atoms with Crippen LogP contribution < -0.4 is 14.8 Å². The Morgan fingerprint density at radius 1 is 1.05 bits per heavy atom. The van der Waals surface area contributed by atoms with Crippen LogP contribution in [-0.2, 0) is 16.2 Å². The van der Waals surface area contributed by atoms with Gasteiger partial charge in [-0.3, -0.25) is 19.3 Å². The maximum absolute atomic E-state index is 13.0. The predicted octanol–water partition coefficient (Wildman–Crippen LogP) is 6.95. The molecule has 0 radical (unpaired) electrons. The maximum atomic E-state index is 13.0. The van der Waals surface area contributed by atoms with E-state index >= 15 is 0 Å². The van der Waals surface area contributed by atoms with Crippen LogP contribution in [0.1, 0.15) is 23.6 Å². The average Bonchev–Trinajstić information content (AvgIpc) is 3.13. The van der Waals surface area contributed by atoms with Crippen molar-refractivity contribution in [3.8, 4) is 11.5 Å². The van der Waals surface area contributed by atoms with Crippen LogP contribution in [0.25, 0.3) is 6.08 Å². The van der Waals surface area contributed by atoms with Crippen LogP contribution in [-0.4, -0.2) is 35.1 Å². The van der Waals surface area contributed by atoms with E-state index in [0.29, 0.717) is 46.0 Å². The molecule has 38 heavy (non-hydrogen) atoms. The van der Waals surface area contributed by atoms with Gasteiger partial charge in [-0.25, -0.2) is 0 Å². The lowest BCUT2D eigenvalue weighted by Gasteiger charge is -2.15. The van der Waals surface area contributed by atoms with Gasteiger partial charge in [0.2, 0.25) is 5.91 Å². The lowest BCUT2D eigenvalue weighted by atomic mass is 10.1. The van der Waals surface area contributed by atoms with Crippen molar-refractivity contribution in [1.29, 1.82) is 0 Å². The van der Waals surface area contributed by atoms with Crippen molar-refractivity contribution >= 4 is 63.8 Å². The molecule has 0 aliphatic carbocycles. The second-order valence-corrected chi connectivity index (χ2v) is 10.1. The first-order valence-corrected chi connectivity index (χ1v) is 13.3. The van der Waals surface area contributed by atoms with Crippen molar-refractivity contribution in [3.05, 3.63) is 92.3 Å². The SMILES string of the molecule is CCOc1cc(/C=C2\SC(=O)N(CC(=O)Nc3cc(Cl)ccc3C)C2=O)cc(Cl)c1OCc1ccccc1. The summed E-state index contributed by atoms with van der Waals surface area (Å²) in [6, 6.07) is 18.0. The summed E-state index contributed by atoms with van der Waals surface area (Å²) in [7, 11) is 0. The number of nitrogens with one attached hydrogen (secondary N) is 1. The largest absolute Gasteiger partial charge is 0.490 e. The van der Waals surface area contributed by atoms with E-state index in [1.54, 1.807) is 36.4 Å². The zero-order valence-corrected chi connectivity index (χ0v) is 23.0. The van der Waals surface area contributed by atoms with Gasteiger partial charge >= 0.3 is 0 Å². The summed E-state index contributed by atoms with van der Waals surface area (Å²) in [6.45, 7) is 3.90. The highest BCUT2D eigenvalue weighted by atomic mass is 35.5. The van der Waals surface area contributed by atoms with Crippen LogP contribution in [0.3, 0.4) is 0 Å². The number of nitrogens with zero attached hydrogens (tertiary/aromatic N) is 1. The zero-order chi connectivity index (χ0) is 27.2. The fourth-order valence-electron chi connectivity index (χ4n) is 3.65. The molecule has 0 atom stereocenters. The number of carbonyl (C=O) groups excluding carboxylic acids is 3. The number of imide groups is 1. The highest BCUT2D eigenvalue weighted by Gasteiger charge is 2.36. The molecular weight excluding hydrogens is 547 g/mol. The molecule has 4 rings (SSSR count). The highest BCUT2D eigenvalue weighted by molar-refractivity contribution is 8.18. The molecule has 7 nitrogen and oxygen atoms in total. The molecule has 1 saturated heterocycles. The van der Waals surface area contributed by atoms with Crippen molar-refractivity contribution in [1.82, 2.24) is 4.90 Å². The van der Waals surface area contributed by atoms with Crippen molar-refractivity contribution < 1.29 is 23.9 Å². The first kappa shape index (κ1) is 27.6. The monoisotopic (exact) mass is 570 g/mol. The van der Waals surface area contributed by atoms with Gasteiger partial charge in [-0.15, -0.1) is 0 Å². The fraction of sp³-hybridized carbons (Fsp3) is 0.179. The molecule has 0 spiro atoms. The topological polar surface area (TPSA) is 84.9 Å². The van der Waals surface area contributed by atoms with Crippen LogP contribution in [0.4, 0.5) is 10.5 Å². The number of aryl methyl sites for hydroxylation is 1. The number of hydrogen-bond donors (Lipinski definition) is 1. The highest BCUT2D eigenvalue weighted by Crippen LogP contribution is 2.39. The predicted molar refractivity (Wildman–Crippen MR) is 151 cm³/mol. The number of rotatable bonds is 9. The number of thioether (sulfide) groups is 1. The van der Waals surface area contributed by atoms with Gasteiger partial charge in [-0.2, -0.15) is 0 Å². The number of hydrogen-bond acceptors (Lipinski definition) is 6. The molecule has 0 unspecified atom stereocenters. The quantitative estimate of drug-likeness (QED) is 0.280. The molecule has 0 saturated carbocycles. The van der Waals surface area contributed by atoms with Gasteiger partial charge in [0, 0.05) is 10.7 Å². The summed E-state index contributed by atoms with van der Waals surface area (Å²) in [4.78, 5) is 39.2. The Bertz CT molecular complexity index is 1410. The number of ether oxygens (including phenoxy) is 2. The standard InChI is InChI=1S/C28H24Cl2N2O5S/c1-3-36-23-12-19(11-21(30)26(23)37-16-18-7-5-4-6-8-18)13-24-27(34)32(28(35)38-24)15-25(33)31-22-14-20(29)10-9-17(22)2/h4-14H,3,15-16H2,1-2H3,(H,31,33)/b24-13-. The maximum Gasteiger partial charge on any atom is 0.294 e. The van der Waals surface area contributed by atoms with Gasteiger partial charge in [0.05, 0.1) is 16.5 Å². The van der Waals surface area contributed by atoms with Gasteiger partial charge < -0.3 is 14.8 Å². The first-order valence-electron chi connectivity index (χ1n) is 11.7. The summed E-state index contributed by atoms with van der Waals surface area (Å²) in [5.74, 6) is -0.287. The van der Waals surface area contributed by atoms with Crippen molar-refractivity contribution in [3.63, 3.8) is 0 Å². The van der Waals surface area contributed by atoms with Crippen LogP contribution >= 0.6 is 35.0 Å². The minimum absolute atomic E-state index is 0.165.